The molecular weight excluding hydrogens is 251 g/mol. The predicted octanol–water partition coefficient (Wildman–Crippen LogP) is 3.46. The number of benzene rings is 1. The largest absolute Gasteiger partial charge is 0.329 e. The van der Waals surface area contributed by atoms with E-state index in [1.165, 1.54) is 6.07 Å². The van der Waals surface area contributed by atoms with Crippen LogP contribution in [-0.4, -0.2) is 24.5 Å². The molecule has 1 unspecified atom stereocenters. The highest BCUT2D eigenvalue weighted by atomic mass is 35.5. The zero-order valence-corrected chi connectivity index (χ0v) is 12.0. The van der Waals surface area contributed by atoms with E-state index in [1.807, 2.05) is 0 Å². The van der Waals surface area contributed by atoms with Crippen LogP contribution in [0.3, 0.4) is 0 Å². The van der Waals surface area contributed by atoms with Crippen molar-refractivity contribution in [2.24, 2.45) is 11.7 Å². The molecule has 0 aliphatic heterocycles. The third-order valence-electron chi connectivity index (χ3n) is 3.00. The van der Waals surface area contributed by atoms with E-state index in [2.05, 4.69) is 25.7 Å². The Morgan fingerprint density at radius 3 is 2.50 bits per heavy atom. The van der Waals surface area contributed by atoms with Crippen LogP contribution in [0.15, 0.2) is 18.2 Å². The van der Waals surface area contributed by atoms with Gasteiger partial charge >= 0.3 is 0 Å². The van der Waals surface area contributed by atoms with E-state index in [9.17, 15) is 4.39 Å². The monoisotopic (exact) mass is 272 g/mol. The SMILES string of the molecule is CCN(CC(C)C)C(CN)c1ccc(F)c(Cl)c1. The topological polar surface area (TPSA) is 29.3 Å². The maximum atomic E-state index is 13.2. The summed E-state index contributed by atoms with van der Waals surface area (Å²) in [4.78, 5) is 2.30. The van der Waals surface area contributed by atoms with Crippen molar-refractivity contribution in [2.45, 2.75) is 26.8 Å². The van der Waals surface area contributed by atoms with Crippen molar-refractivity contribution in [1.82, 2.24) is 4.90 Å². The van der Waals surface area contributed by atoms with Crippen LogP contribution in [0.2, 0.25) is 5.02 Å². The molecular formula is C14H22ClFN2. The second kappa shape index (κ2) is 7.07. The summed E-state index contributed by atoms with van der Waals surface area (Å²) >= 11 is 5.83. The van der Waals surface area contributed by atoms with Gasteiger partial charge in [-0.15, -0.1) is 0 Å². The summed E-state index contributed by atoms with van der Waals surface area (Å²) in [5.41, 5.74) is 6.84. The molecule has 4 heteroatoms. The molecule has 0 aliphatic carbocycles. The Morgan fingerprint density at radius 2 is 2.06 bits per heavy atom. The average Bonchev–Trinajstić information content (AvgIpc) is 2.32. The summed E-state index contributed by atoms with van der Waals surface area (Å²) in [6, 6.07) is 4.94. The van der Waals surface area contributed by atoms with Crippen molar-refractivity contribution in [2.75, 3.05) is 19.6 Å². The Bertz CT molecular complexity index is 382. The summed E-state index contributed by atoms with van der Waals surface area (Å²) in [6.07, 6.45) is 0. The van der Waals surface area contributed by atoms with Gasteiger partial charge in [0, 0.05) is 19.1 Å². The fourth-order valence-electron chi connectivity index (χ4n) is 2.16. The minimum atomic E-state index is -0.386. The van der Waals surface area contributed by atoms with E-state index in [4.69, 9.17) is 17.3 Å². The summed E-state index contributed by atoms with van der Waals surface area (Å²) in [7, 11) is 0. The summed E-state index contributed by atoms with van der Waals surface area (Å²) in [5.74, 6) is 0.179. The van der Waals surface area contributed by atoms with Crippen molar-refractivity contribution < 1.29 is 4.39 Å². The van der Waals surface area contributed by atoms with Gasteiger partial charge in [0.15, 0.2) is 0 Å². The van der Waals surface area contributed by atoms with E-state index in [0.29, 0.717) is 12.5 Å². The van der Waals surface area contributed by atoms with Crippen LogP contribution in [0.5, 0.6) is 0 Å². The molecule has 0 aliphatic rings. The van der Waals surface area contributed by atoms with Gasteiger partial charge in [0.1, 0.15) is 5.82 Å². The molecule has 102 valence electrons. The Balaban J connectivity index is 2.95. The zero-order valence-electron chi connectivity index (χ0n) is 11.3. The molecule has 0 spiro atoms. The number of hydrogen-bond donors (Lipinski definition) is 1. The molecule has 18 heavy (non-hydrogen) atoms. The van der Waals surface area contributed by atoms with Crippen molar-refractivity contribution >= 4 is 11.6 Å². The van der Waals surface area contributed by atoms with Crippen LogP contribution in [0.1, 0.15) is 32.4 Å². The number of nitrogens with zero attached hydrogens (tertiary/aromatic N) is 1. The second-order valence-electron chi connectivity index (χ2n) is 4.91. The fraction of sp³-hybridized carbons (Fsp3) is 0.571. The van der Waals surface area contributed by atoms with Crippen LogP contribution in [0.4, 0.5) is 4.39 Å². The molecule has 0 bridgehead atoms. The normalized spacial score (nSPS) is 13.3. The highest BCUT2D eigenvalue weighted by molar-refractivity contribution is 6.30. The zero-order chi connectivity index (χ0) is 13.7. The van der Waals surface area contributed by atoms with Gasteiger partial charge in [0.05, 0.1) is 5.02 Å². The van der Waals surface area contributed by atoms with Crippen molar-refractivity contribution in [1.29, 1.82) is 0 Å². The molecule has 2 nitrogen and oxygen atoms in total. The number of likely N-dealkylation sites (N-methyl/N-ethyl adjacent to an activating group) is 1. The van der Waals surface area contributed by atoms with Gasteiger partial charge in [-0.1, -0.05) is 38.4 Å². The minimum Gasteiger partial charge on any atom is -0.329 e. The molecule has 0 saturated heterocycles. The van der Waals surface area contributed by atoms with Crippen LogP contribution >= 0.6 is 11.6 Å². The van der Waals surface area contributed by atoms with E-state index in [-0.39, 0.29) is 16.9 Å². The molecule has 0 heterocycles. The van der Waals surface area contributed by atoms with Crippen molar-refractivity contribution in [3.05, 3.63) is 34.6 Å². The van der Waals surface area contributed by atoms with E-state index >= 15 is 0 Å². The third-order valence-corrected chi connectivity index (χ3v) is 3.29. The summed E-state index contributed by atoms with van der Waals surface area (Å²) in [5, 5.41) is 0.159. The lowest BCUT2D eigenvalue weighted by molar-refractivity contribution is 0.189. The third kappa shape index (κ3) is 3.94. The molecule has 0 saturated carbocycles. The minimum absolute atomic E-state index is 0.0931. The number of nitrogens with two attached hydrogens (primary N) is 1. The van der Waals surface area contributed by atoms with Gasteiger partial charge in [-0.3, -0.25) is 4.90 Å². The first kappa shape index (κ1) is 15.4. The molecule has 1 rings (SSSR count). The number of halogens is 2. The fourth-order valence-corrected chi connectivity index (χ4v) is 2.35. The van der Waals surface area contributed by atoms with E-state index in [1.54, 1.807) is 12.1 Å². The van der Waals surface area contributed by atoms with Gasteiger partial charge in [0.25, 0.3) is 0 Å². The van der Waals surface area contributed by atoms with E-state index in [0.717, 1.165) is 18.7 Å². The molecule has 0 radical (unpaired) electrons. The molecule has 0 amide bonds. The first-order valence-electron chi connectivity index (χ1n) is 6.38. The van der Waals surface area contributed by atoms with Crippen molar-refractivity contribution in [3.63, 3.8) is 0 Å². The first-order valence-corrected chi connectivity index (χ1v) is 6.76. The maximum Gasteiger partial charge on any atom is 0.141 e. The lowest BCUT2D eigenvalue weighted by atomic mass is 10.0. The van der Waals surface area contributed by atoms with E-state index < -0.39 is 0 Å². The summed E-state index contributed by atoms with van der Waals surface area (Å²) < 4.78 is 13.2. The molecule has 0 aromatic heterocycles. The van der Waals surface area contributed by atoms with Gasteiger partial charge < -0.3 is 5.73 Å². The molecule has 1 aromatic carbocycles. The van der Waals surface area contributed by atoms with Crippen molar-refractivity contribution in [3.8, 4) is 0 Å². The lowest BCUT2D eigenvalue weighted by Gasteiger charge is -2.31. The summed E-state index contributed by atoms with van der Waals surface area (Å²) in [6.45, 7) is 8.84. The van der Waals surface area contributed by atoms with Gasteiger partial charge in [-0.25, -0.2) is 4.39 Å². The number of hydrogen-bond acceptors (Lipinski definition) is 2. The standard InChI is InChI=1S/C14H22ClFN2/c1-4-18(9-10(2)3)14(8-17)11-5-6-13(16)12(15)7-11/h5-7,10,14H,4,8-9,17H2,1-3H3. The molecule has 0 fully saturated rings. The lowest BCUT2D eigenvalue weighted by Crippen LogP contribution is -2.36. The smallest absolute Gasteiger partial charge is 0.141 e. The highest BCUT2D eigenvalue weighted by Gasteiger charge is 2.19. The second-order valence-corrected chi connectivity index (χ2v) is 5.31. The van der Waals surface area contributed by atoms with Crippen LogP contribution in [0, 0.1) is 11.7 Å². The van der Waals surface area contributed by atoms with Crippen LogP contribution in [-0.2, 0) is 0 Å². The maximum absolute atomic E-state index is 13.2. The van der Waals surface area contributed by atoms with Gasteiger partial charge in [-0.05, 0) is 30.2 Å². The quantitative estimate of drug-likeness (QED) is 0.859. The van der Waals surface area contributed by atoms with Crippen LogP contribution in [0.25, 0.3) is 0 Å². The molecule has 1 aromatic rings. The van der Waals surface area contributed by atoms with Crippen LogP contribution < -0.4 is 5.73 Å². The highest BCUT2D eigenvalue weighted by Crippen LogP contribution is 2.25. The number of rotatable bonds is 6. The van der Waals surface area contributed by atoms with Gasteiger partial charge in [0.2, 0.25) is 0 Å². The Morgan fingerprint density at radius 1 is 1.39 bits per heavy atom. The average molecular weight is 273 g/mol. The van der Waals surface area contributed by atoms with Gasteiger partial charge in [-0.2, -0.15) is 0 Å². The first-order chi connectivity index (χ1) is 8.49. The Kier molecular flexibility index (Phi) is 6.06. The predicted molar refractivity (Wildman–Crippen MR) is 75.3 cm³/mol. The molecule has 1 atom stereocenters. The Labute approximate surface area is 114 Å². The molecule has 2 N–H and O–H groups in total. The Hall–Kier alpha value is -0.640.